The van der Waals surface area contributed by atoms with Crippen LogP contribution in [-0.4, -0.2) is 66.8 Å². The van der Waals surface area contributed by atoms with Crippen molar-refractivity contribution in [3.05, 3.63) is 11.7 Å². The van der Waals surface area contributed by atoms with E-state index in [1.54, 1.807) is 0 Å². The summed E-state index contributed by atoms with van der Waals surface area (Å²) in [6, 6.07) is 0.644. The molecule has 2 heterocycles. The molecule has 0 spiro atoms. The maximum Gasteiger partial charge on any atom is 0.228 e. The average molecular weight is 267 g/mol. The highest BCUT2D eigenvalue weighted by molar-refractivity contribution is 4.98. The third kappa shape index (κ3) is 3.52. The zero-order valence-electron chi connectivity index (χ0n) is 12.4. The van der Waals surface area contributed by atoms with Gasteiger partial charge in [0.15, 0.2) is 5.82 Å². The van der Waals surface area contributed by atoms with E-state index < -0.39 is 0 Å². The highest BCUT2D eigenvalue weighted by Crippen LogP contribution is 2.21. The van der Waals surface area contributed by atoms with E-state index in [-0.39, 0.29) is 6.04 Å². The average Bonchev–Trinajstić information content (AvgIpc) is 2.87. The number of nitrogens with zero attached hydrogens (tertiary/aromatic N) is 4. The summed E-state index contributed by atoms with van der Waals surface area (Å²) in [6.07, 6.45) is 1.85. The van der Waals surface area contributed by atoms with Crippen LogP contribution in [0, 0.1) is 0 Å². The SMILES string of the molecule is CCC(Cc1nc(C2CN(C)CCN2C)no1)NC. The molecule has 1 aliphatic heterocycles. The minimum absolute atomic E-state index is 0.242. The van der Waals surface area contributed by atoms with Crippen LogP contribution < -0.4 is 5.32 Å². The Kier molecular flexibility index (Phi) is 4.90. The molecule has 1 aromatic rings. The van der Waals surface area contributed by atoms with Crippen molar-refractivity contribution >= 4 is 0 Å². The zero-order chi connectivity index (χ0) is 13.8. The Bertz CT molecular complexity index is 390. The maximum absolute atomic E-state index is 5.39. The van der Waals surface area contributed by atoms with Crippen LogP contribution >= 0.6 is 0 Å². The molecule has 2 unspecified atom stereocenters. The first kappa shape index (κ1) is 14.4. The first-order chi connectivity index (χ1) is 9.13. The van der Waals surface area contributed by atoms with Crippen LogP contribution in [0.3, 0.4) is 0 Å². The van der Waals surface area contributed by atoms with Crippen molar-refractivity contribution < 1.29 is 4.52 Å². The van der Waals surface area contributed by atoms with Crippen LogP contribution in [0.2, 0.25) is 0 Å². The monoisotopic (exact) mass is 267 g/mol. The normalized spacial score (nSPS) is 23.7. The van der Waals surface area contributed by atoms with Crippen LogP contribution in [0.25, 0.3) is 0 Å². The smallest absolute Gasteiger partial charge is 0.228 e. The second kappa shape index (κ2) is 6.45. The van der Waals surface area contributed by atoms with Gasteiger partial charge in [0.1, 0.15) is 0 Å². The van der Waals surface area contributed by atoms with Gasteiger partial charge in [-0.15, -0.1) is 0 Å². The Morgan fingerprint density at radius 3 is 2.89 bits per heavy atom. The third-order valence-corrected chi connectivity index (χ3v) is 3.96. The van der Waals surface area contributed by atoms with Crippen molar-refractivity contribution in [2.45, 2.75) is 31.8 Å². The molecule has 6 nitrogen and oxygen atoms in total. The zero-order valence-corrected chi connectivity index (χ0v) is 12.4. The lowest BCUT2D eigenvalue weighted by Gasteiger charge is -2.35. The van der Waals surface area contributed by atoms with E-state index in [9.17, 15) is 0 Å². The molecule has 1 aromatic heterocycles. The number of hydrogen-bond donors (Lipinski definition) is 1. The number of rotatable bonds is 5. The summed E-state index contributed by atoms with van der Waals surface area (Å²) in [7, 11) is 6.22. The van der Waals surface area contributed by atoms with Crippen molar-refractivity contribution in [2.24, 2.45) is 0 Å². The summed E-state index contributed by atoms with van der Waals surface area (Å²) in [6.45, 7) is 5.25. The molecule has 0 saturated carbocycles. The number of nitrogens with one attached hydrogen (secondary N) is 1. The molecule has 0 amide bonds. The van der Waals surface area contributed by atoms with Gasteiger partial charge in [-0.25, -0.2) is 0 Å². The van der Waals surface area contributed by atoms with Crippen molar-refractivity contribution in [3.8, 4) is 0 Å². The molecule has 2 atom stereocenters. The predicted octanol–water partition coefficient (Wildman–Crippen LogP) is 0.528. The van der Waals surface area contributed by atoms with Gasteiger partial charge < -0.3 is 14.7 Å². The van der Waals surface area contributed by atoms with Crippen molar-refractivity contribution in [1.29, 1.82) is 0 Å². The lowest BCUT2D eigenvalue weighted by Crippen LogP contribution is -2.45. The Morgan fingerprint density at radius 1 is 1.42 bits per heavy atom. The van der Waals surface area contributed by atoms with E-state index in [2.05, 4.69) is 46.3 Å². The standard InChI is InChI=1S/C13H25N5O/c1-5-10(14-2)8-12-15-13(16-19-12)11-9-17(3)6-7-18(11)4/h10-11,14H,5-9H2,1-4H3. The molecule has 1 saturated heterocycles. The molecule has 6 heteroatoms. The Hall–Kier alpha value is -0.980. The Balaban J connectivity index is 2.03. The number of hydrogen-bond acceptors (Lipinski definition) is 6. The van der Waals surface area contributed by atoms with Crippen LogP contribution in [0.5, 0.6) is 0 Å². The fourth-order valence-electron chi connectivity index (χ4n) is 2.44. The molecular weight excluding hydrogens is 242 g/mol. The van der Waals surface area contributed by atoms with Crippen molar-refractivity contribution in [3.63, 3.8) is 0 Å². The largest absolute Gasteiger partial charge is 0.339 e. The lowest BCUT2D eigenvalue weighted by molar-refractivity contribution is 0.108. The first-order valence-electron chi connectivity index (χ1n) is 7.02. The molecule has 19 heavy (non-hydrogen) atoms. The molecule has 2 rings (SSSR count). The highest BCUT2D eigenvalue weighted by Gasteiger charge is 2.28. The lowest BCUT2D eigenvalue weighted by atomic mass is 10.1. The summed E-state index contributed by atoms with van der Waals surface area (Å²) < 4.78 is 5.39. The van der Waals surface area contributed by atoms with Gasteiger partial charge in [-0.2, -0.15) is 4.98 Å². The van der Waals surface area contributed by atoms with E-state index in [0.29, 0.717) is 6.04 Å². The van der Waals surface area contributed by atoms with Crippen LogP contribution in [0.15, 0.2) is 4.52 Å². The molecule has 0 radical (unpaired) electrons. The minimum atomic E-state index is 0.242. The number of aromatic nitrogens is 2. The summed E-state index contributed by atoms with van der Waals surface area (Å²) in [4.78, 5) is 9.17. The fraction of sp³-hybridized carbons (Fsp3) is 0.846. The van der Waals surface area contributed by atoms with Gasteiger partial charge in [0.25, 0.3) is 0 Å². The molecular formula is C13H25N5O. The second-order valence-electron chi connectivity index (χ2n) is 5.40. The van der Waals surface area contributed by atoms with Gasteiger partial charge in [0, 0.05) is 32.1 Å². The molecule has 108 valence electrons. The van der Waals surface area contributed by atoms with E-state index in [4.69, 9.17) is 4.52 Å². The highest BCUT2D eigenvalue weighted by atomic mass is 16.5. The second-order valence-corrected chi connectivity index (χ2v) is 5.40. The molecule has 1 fully saturated rings. The maximum atomic E-state index is 5.39. The Morgan fingerprint density at radius 2 is 2.21 bits per heavy atom. The summed E-state index contributed by atoms with van der Waals surface area (Å²) >= 11 is 0. The van der Waals surface area contributed by atoms with Gasteiger partial charge in [0.05, 0.1) is 6.04 Å². The van der Waals surface area contributed by atoms with Gasteiger partial charge in [-0.1, -0.05) is 12.1 Å². The third-order valence-electron chi connectivity index (χ3n) is 3.96. The Labute approximate surface area is 115 Å². The molecule has 0 bridgehead atoms. The van der Waals surface area contributed by atoms with E-state index in [1.165, 1.54) is 0 Å². The molecule has 0 aliphatic carbocycles. The van der Waals surface area contributed by atoms with E-state index >= 15 is 0 Å². The first-order valence-corrected chi connectivity index (χ1v) is 7.02. The van der Waals surface area contributed by atoms with Crippen LogP contribution in [0.4, 0.5) is 0 Å². The summed E-state index contributed by atoms with van der Waals surface area (Å²) in [5.74, 6) is 1.55. The van der Waals surface area contributed by atoms with Crippen LogP contribution in [-0.2, 0) is 6.42 Å². The fourth-order valence-corrected chi connectivity index (χ4v) is 2.44. The van der Waals surface area contributed by atoms with Gasteiger partial charge in [-0.3, -0.25) is 4.90 Å². The van der Waals surface area contributed by atoms with Gasteiger partial charge in [0.2, 0.25) is 5.89 Å². The molecule has 1 N–H and O–H groups in total. The van der Waals surface area contributed by atoms with E-state index in [0.717, 1.165) is 44.2 Å². The van der Waals surface area contributed by atoms with Crippen molar-refractivity contribution in [1.82, 2.24) is 25.3 Å². The number of likely N-dealkylation sites (N-methyl/N-ethyl adjacent to an activating group) is 3. The summed E-state index contributed by atoms with van der Waals surface area (Å²) in [5.41, 5.74) is 0. The molecule has 1 aliphatic rings. The predicted molar refractivity (Wildman–Crippen MR) is 74.0 cm³/mol. The topological polar surface area (TPSA) is 57.4 Å². The van der Waals surface area contributed by atoms with Gasteiger partial charge >= 0.3 is 0 Å². The summed E-state index contributed by atoms with van der Waals surface area (Å²) in [5, 5.41) is 7.42. The van der Waals surface area contributed by atoms with Crippen molar-refractivity contribution in [2.75, 3.05) is 40.8 Å². The van der Waals surface area contributed by atoms with Crippen LogP contribution in [0.1, 0.15) is 31.1 Å². The number of piperazine rings is 1. The minimum Gasteiger partial charge on any atom is -0.339 e. The van der Waals surface area contributed by atoms with E-state index in [1.807, 2.05) is 7.05 Å². The van der Waals surface area contributed by atoms with Gasteiger partial charge in [-0.05, 0) is 27.6 Å². The molecule has 0 aromatic carbocycles. The quantitative estimate of drug-likeness (QED) is 0.840.